The van der Waals surface area contributed by atoms with Crippen LogP contribution in [0.2, 0.25) is 0 Å². The van der Waals surface area contributed by atoms with Crippen LogP contribution in [0, 0.1) is 0 Å². The largest absolute Gasteiger partial charge is 0.342 e. The molecule has 8 heteroatoms. The first-order valence-electron chi connectivity index (χ1n) is 4.45. The molecular formula is C8H8BrN5OS. The Balaban J connectivity index is 2.03. The maximum absolute atomic E-state index is 11.8. The second-order valence-electron chi connectivity index (χ2n) is 3.10. The number of hydrogen-bond acceptors (Lipinski definition) is 5. The summed E-state index contributed by atoms with van der Waals surface area (Å²) in [7, 11) is 0. The number of amides is 1. The van der Waals surface area contributed by atoms with Crippen LogP contribution in [0.4, 0.5) is 0 Å². The predicted octanol–water partition coefficient (Wildman–Crippen LogP) is 1.51. The van der Waals surface area contributed by atoms with E-state index in [9.17, 15) is 4.79 Å². The number of thiophene rings is 1. The fourth-order valence-corrected chi connectivity index (χ4v) is 2.26. The van der Waals surface area contributed by atoms with Crippen molar-refractivity contribution in [3.05, 3.63) is 26.6 Å². The van der Waals surface area contributed by atoms with E-state index in [0.29, 0.717) is 11.4 Å². The first kappa shape index (κ1) is 11.2. The highest BCUT2D eigenvalue weighted by molar-refractivity contribution is 9.11. The van der Waals surface area contributed by atoms with Crippen molar-refractivity contribution in [3.8, 4) is 0 Å². The number of nitrogens with one attached hydrogen (secondary N) is 2. The van der Waals surface area contributed by atoms with Gasteiger partial charge in [0, 0.05) is 5.38 Å². The minimum Gasteiger partial charge on any atom is -0.342 e. The van der Waals surface area contributed by atoms with Crippen molar-refractivity contribution >= 4 is 33.2 Å². The molecule has 2 aromatic heterocycles. The van der Waals surface area contributed by atoms with E-state index in [0.717, 1.165) is 3.79 Å². The number of halogens is 1. The van der Waals surface area contributed by atoms with Crippen molar-refractivity contribution < 1.29 is 4.79 Å². The topological polar surface area (TPSA) is 83.6 Å². The van der Waals surface area contributed by atoms with Gasteiger partial charge in [-0.25, -0.2) is 0 Å². The first-order chi connectivity index (χ1) is 7.66. The van der Waals surface area contributed by atoms with E-state index in [4.69, 9.17) is 0 Å². The van der Waals surface area contributed by atoms with Crippen molar-refractivity contribution in [3.63, 3.8) is 0 Å². The molecule has 0 fully saturated rings. The second kappa shape index (κ2) is 4.71. The average Bonchev–Trinajstić information content (AvgIpc) is 2.87. The summed E-state index contributed by atoms with van der Waals surface area (Å²) < 4.78 is 0.921. The van der Waals surface area contributed by atoms with Gasteiger partial charge in [0.15, 0.2) is 5.82 Å². The summed E-state index contributed by atoms with van der Waals surface area (Å²) in [5.74, 6) is 0.307. The van der Waals surface area contributed by atoms with Crippen LogP contribution in [0.25, 0.3) is 0 Å². The molecule has 0 aliphatic heterocycles. The summed E-state index contributed by atoms with van der Waals surface area (Å²) in [6, 6.07) is 1.49. The summed E-state index contributed by atoms with van der Waals surface area (Å²) in [5.41, 5.74) is 0.618. The van der Waals surface area contributed by atoms with E-state index in [-0.39, 0.29) is 11.9 Å². The molecule has 2 N–H and O–H groups in total. The van der Waals surface area contributed by atoms with Gasteiger partial charge in [-0.15, -0.1) is 21.5 Å². The fourth-order valence-electron chi connectivity index (χ4n) is 1.13. The Kier molecular flexibility index (Phi) is 3.30. The van der Waals surface area contributed by atoms with E-state index < -0.39 is 0 Å². The van der Waals surface area contributed by atoms with Gasteiger partial charge in [0.2, 0.25) is 0 Å². The molecule has 1 atom stereocenters. The molecule has 0 bridgehead atoms. The zero-order valence-electron chi connectivity index (χ0n) is 8.27. The van der Waals surface area contributed by atoms with Gasteiger partial charge < -0.3 is 5.32 Å². The minimum absolute atomic E-state index is 0.153. The van der Waals surface area contributed by atoms with Gasteiger partial charge in [-0.2, -0.15) is 5.21 Å². The van der Waals surface area contributed by atoms with Gasteiger partial charge in [0.25, 0.3) is 5.91 Å². The van der Waals surface area contributed by atoms with Crippen molar-refractivity contribution in [2.75, 3.05) is 0 Å². The van der Waals surface area contributed by atoms with Gasteiger partial charge in [0.1, 0.15) is 0 Å². The van der Waals surface area contributed by atoms with Crippen molar-refractivity contribution in [1.82, 2.24) is 25.9 Å². The molecule has 1 amide bonds. The summed E-state index contributed by atoms with van der Waals surface area (Å²) in [4.78, 5) is 11.8. The van der Waals surface area contributed by atoms with E-state index in [1.165, 1.54) is 11.3 Å². The Labute approximate surface area is 104 Å². The number of hydrogen-bond donors (Lipinski definition) is 2. The maximum atomic E-state index is 11.8. The van der Waals surface area contributed by atoms with Gasteiger partial charge in [-0.3, -0.25) is 4.79 Å². The molecule has 1 unspecified atom stereocenters. The van der Waals surface area contributed by atoms with Crippen LogP contribution in [-0.4, -0.2) is 26.5 Å². The highest BCUT2D eigenvalue weighted by Crippen LogP contribution is 2.21. The van der Waals surface area contributed by atoms with Crippen LogP contribution in [0.5, 0.6) is 0 Å². The summed E-state index contributed by atoms with van der Waals surface area (Å²) in [6.07, 6.45) is 0. The molecular weight excluding hydrogens is 294 g/mol. The van der Waals surface area contributed by atoms with Crippen LogP contribution >= 0.6 is 27.3 Å². The summed E-state index contributed by atoms with van der Waals surface area (Å²) >= 11 is 4.77. The highest BCUT2D eigenvalue weighted by atomic mass is 79.9. The summed E-state index contributed by atoms with van der Waals surface area (Å²) in [5, 5.41) is 17.9. The Morgan fingerprint density at radius 3 is 3.06 bits per heavy atom. The third kappa shape index (κ3) is 2.45. The lowest BCUT2D eigenvalue weighted by Gasteiger charge is -2.08. The van der Waals surface area contributed by atoms with Crippen LogP contribution < -0.4 is 5.32 Å². The lowest BCUT2D eigenvalue weighted by Crippen LogP contribution is -2.27. The molecule has 0 saturated heterocycles. The Morgan fingerprint density at radius 2 is 2.50 bits per heavy atom. The molecule has 2 heterocycles. The molecule has 16 heavy (non-hydrogen) atoms. The molecule has 2 rings (SSSR count). The number of nitrogens with zero attached hydrogens (tertiary/aromatic N) is 3. The monoisotopic (exact) mass is 301 g/mol. The molecule has 0 spiro atoms. The molecule has 0 aromatic carbocycles. The third-order valence-corrected chi connectivity index (χ3v) is 3.43. The number of rotatable bonds is 3. The third-order valence-electron chi connectivity index (χ3n) is 1.93. The van der Waals surface area contributed by atoms with Gasteiger partial charge in [-0.1, -0.05) is 5.21 Å². The van der Waals surface area contributed by atoms with Gasteiger partial charge in [-0.05, 0) is 28.9 Å². The number of carbonyl (C=O) groups is 1. The van der Waals surface area contributed by atoms with Crippen LogP contribution in [0.15, 0.2) is 15.2 Å². The molecule has 2 aromatic rings. The number of carbonyl (C=O) groups excluding carboxylic acids is 1. The highest BCUT2D eigenvalue weighted by Gasteiger charge is 2.15. The Bertz CT molecular complexity index is 482. The molecule has 0 aliphatic carbocycles. The molecule has 0 radical (unpaired) electrons. The van der Waals surface area contributed by atoms with E-state index in [1.54, 1.807) is 18.4 Å². The molecule has 0 saturated carbocycles. The van der Waals surface area contributed by atoms with E-state index in [1.807, 2.05) is 0 Å². The first-order valence-corrected chi connectivity index (χ1v) is 6.12. The van der Waals surface area contributed by atoms with Crippen LogP contribution in [-0.2, 0) is 0 Å². The molecule has 6 nitrogen and oxygen atoms in total. The molecule has 0 aliphatic rings. The lowest BCUT2D eigenvalue weighted by atomic mass is 10.2. The second-order valence-corrected chi connectivity index (χ2v) is 5.40. The van der Waals surface area contributed by atoms with Crippen LogP contribution in [0.3, 0.4) is 0 Å². The van der Waals surface area contributed by atoms with Crippen molar-refractivity contribution in [1.29, 1.82) is 0 Å². The van der Waals surface area contributed by atoms with Gasteiger partial charge >= 0.3 is 0 Å². The lowest BCUT2D eigenvalue weighted by molar-refractivity contribution is 0.0938. The Morgan fingerprint density at radius 1 is 1.69 bits per heavy atom. The number of tetrazole rings is 1. The SMILES string of the molecule is CC(NC(=O)c1csc(Br)c1)c1nn[nH]n1. The van der Waals surface area contributed by atoms with E-state index >= 15 is 0 Å². The quantitative estimate of drug-likeness (QED) is 0.900. The zero-order chi connectivity index (χ0) is 11.5. The maximum Gasteiger partial charge on any atom is 0.252 e. The summed E-state index contributed by atoms with van der Waals surface area (Å²) in [6.45, 7) is 1.80. The average molecular weight is 302 g/mol. The van der Waals surface area contributed by atoms with Crippen molar-refractivity contribution in [2.24, 2.45) is 0 Å². The fraction of sp³-hybridized carbons (Fsp3) is 0.250. The van der Waals surface area contributed by atoms with Crippen LogP contribution in [0.1, 0.15) is 29.1 Å². The zero-order valence-corrected chi connectivity index (χ0v) is 10.7. The normalized spacial score (nSPS) is 12.4. The number of aromatic amines is 1. The predicted molar refractivity (Wildman–Crippen MR) is 62.1 cm³/mol. The number of aromatic nitrogens is 4. The van der Waals surface area contributed by atoms with E-state index in [2.05, 4.69) is 41.9 Å². The number of H-pyrrole nitrogens is 1. The Hall–Kier alpha value is -1.28. The minimum atomic E-state index is -0.273. The standard InChI is InChI=1S/C8H8BrN5OS/c1-4(7-11-13-14-12-7)10-8(15)5-2-6(9)16-3-5/h2-4H,1H3,(H,10,15)(H,11,12,13,14). The van der Waals surface area contributed by atoms with Crippen molar-refractivity contribution in [2.45, 2.75) is 13.0 Å². The molecule has 84 valence electrons. The van der Waals surface area contributed by atoms with Gasteiger partial charge in [0.05, 0.1) is 15.4 Å². The smallest absolute Gasteiger partial charge is 0.252 e.